The highest BCUT2D eigenvalue weighted by Gasteiger charge is 2.17. The van der Waals surface area contributed by atoms with Gasteiger partial charge in [0.1, 0.15) is 0 Å². The summed E-state index contributed by atoms with van der Waals surface area (Å²) in [5.74, 6) is 0.225. The molecule has 1 unspecified atom stereocenters. The third-order valence-electron chi connectivity index (χ3n) is 2.94. The topological polar surface area (TPSA) is 56.1 Å². The molecule has 1 amide bonds. The number of hydrogen-bond acceptors (Lipinski definition) is 3. The standard InChI is InChI=1S/C15H21N3O/c1-11(2)14(10-18(3)4)17-15(19)13-7-5-6-12(8-13)9-16/h5-8,11,14H,10H2,1-4H3,(H,17,19). The molecule has 0 aliphatic carbocycles. The summed E-state index contributed by atoms with van der Waals surface area (Å²) in [5.41, 5.74) is 1.03. The van der Waals surface area contributed by atoms with E-state index in [-0.39, 0.29) is 11.9 Å². The first-order chi connectivity index (χ1) is 8.93. The predicted molar refractivity (Wildman–Crippen MR) is 75.8 cm³/mol. The van der Waals surface area contributed by atoms with Crippen LogP contribution in [0.1, 0.15) is 29.8 Å². The van der Waals surface area contributed by atoms with Crippen LogP contribution >= 0.6 is 0 Å². The largest absolute Gasteiger partial charge is 0.348 e. The van der Waals surface area contributed by atoms with Crippen LogP contribution < -0.4 is 5.32 Å². The van der Waals surface area contributed by atoms with Gasteiger partial charge in [0.15, 0.2) is 0 Å². The van der Waals surface area contributed by atoms with Crippen LogP contribution in [0, 0.1) is 17.2 Å². The zero-order valence-electron chi connectivity index (χ0n) is 12.0. The Morgan fingerprint density at radius 2 is 2.11 bits per heavy atom. The van der Waals surface area contributed by atoms with Crippen LogP contribution in [0.2, 0.25) is 0 Å². The SMILES string of the molecule is CC(C)C(CN(C)C)NC(=O)c1cccc(C#N)c1. The van der Waals surface area contributed by atoms with Gasteiger partial charge in [-0.25, -0.2) is 0 Å². The summed E-state index contributed by atoms with van der Waals surface area (Å²) in [7, 11) is 3.97. The van der Waals surface area contributed by atoms with Crippen molar-refractivity contribution in [1.82, 2.24) is 10.2 Å². The van der Waals surface area contributed by atoms with E-state index < -0.39 is 0 Å². The average molecular weight is 259 g/mol. The molecule has 0 saturated carbocycles. The smallest absolute Gasteiger partial charge is 0.251 e. The Morgan fingerprint density at radius 3 is 2.63 bits per heavy atom. The Bertz CT molecular complexity index is 475. The second-order valence-electron chi connectivity index (χ2n) is 5.28. The lowest BCUT2D eigenvalue weighted by atomic mass is 10.0. The molecule has 102 valence electrons. The highest BCUT2D eigenvalue weighted by atomic mass is 16.1. The number of amides is 1. The van der Waals surface area contributed by atoms with E-state index in [1.807, 2.05) is 20.2 Å². The molecule has 0 aliphatic rings. The lowest BCUT2D eigenvalue weighted by Crippen LogP contribution is -2.45. The Balaban J connectivity index is 2.79. The lowest BCUT2D eigenvalue weighted by Gasteiger charge is -2.25. The molecular weight excluding hydrogens is 238 g/mol. The molecule has 4 nitrogen and oxygen atoms in total. The van der Waals surface area contributed by atoms with Crippen LogP contribution in [0.4, 0.5) is 0 Å². The number of carbonyl (C=O) groups excluding carboxylic acids is 1. The summed E-state index contributed by atoms with van der Waals surface area (Å²) in [6, 6.07) is 8.89. The predicted octanol–water partition coefficient (Wildman–Crippen LogP) is 1.87. The number of hydrogen-bond donors (Lipinski definition) is 1. The number of nitrogens with zero attached hydrogens (tertiary/aromatic N) is 2. The molecule has 4 heteroatoms. The maximum Gasteiger partial charge on any atom is 0.251 e. The van der Waals surface area contributed by atoms with E-state index in [1.165, 1.54) is 0 Å². The molecule has 0 heterocycles. The molecule has 19 heavy (non-hydrogen) atoms. The van der Waals surface area contributed by atoms with Crippen LogP contribution in [0.3, 0.4) is 0 Å². The van der Waals surface area contributed by atoms with Crippen molar-refractivity contribution in [3.8, 4) is 6.07 Å². The molecule has 0 aliphatic heterocycles. The second kappa shape index (κ2) is 6.91. The van der Waals surface area contributed by atoms with E-state index in [4.69, 9.17) is 5.26 Å². The van der Waals surface area contributed by atoms with Gasteiger partial charge in [-0.05, 0) is 38.2 Å². The number of nitrogens with one attached hydrogen (secondary N) is 1. The first kappa shape index (κ1) is 15.2. The molecule has 1 aromatic rings. The summed E-state index contributed by atoms with van der Waals surface area (Å²) in [4.78, 5) is 14.2. The van der Waals surface area contributed by atoms with Gasteiger partial charge in [0.2, 0.25) is 0 Å². The van der Waals surface area contributed by atoms with Crippen LogP contribution in [-0.4, -0.2) is 37.5 Å². The van der Waals surface area contributed by atoms with Gasteiger partial charge in [-0.3, -0.25) is 4.79 Å². The molecule has 1 rings (SSSR count). The third kappa shape index (κ3) is 4.72. The Hall–Kier alpha value is -1.86. The van der Waals surface area contributed by atoms with E-state index in [9.17, 15) is 4.79 Å². The minimum absolute atomic E-state index is 0.0910. The fraction of sp³-hybridized carbons (Fsp3) is 0.467. The summed E-state index contributed by atoms with van der Waals surface area (Å²) >= 11 is 0. The number of benzene rings is 1. The Labute approximate surface area is 115 Å². The summed E-state index contributed by atoms with van der Waals surface area (Å²) in [6.45, 7) is 4.96. The quantitative estimate of drug-likeness (QED) is 0.878. The first-order valence-electron chi connectivity index (χ1n) is 6.39. The molecule has 1 N–H and O–H groups in total. The van der Waals surface area contributed by atoms with Gasteiger partial charge in [-0.2, -0.15) is 5.26 Å². The minimum atomic E-state index is -0.127. The van der Waals surface area contributed by atoms with Crippen LogP contribution in [0.25, 0.3) is 0 Å². The normalized spacial score (nSPS) is 12.3. The number of carbonyl (C=O) groups is 1. The van der Waals surface area contributed by atoms with Gasteiger partial charge in [0.05, 0.1) is 11.6 Å². The van der Waals surface area contributed by atoms with Crippen molar-refractivity contribution in [2.75, 3.05) is 20.6 Å². The molecule has 0 fully saturated rings. The zero-order chi connectivity index (χ0) is 14.4. The van der Waals surface area contributed by atoms with Crippen molar-refractivity contribution >= 4 is 5.91 Å². The molecule has 0 aromatic heterocycles. The third-order valence-corrected chi connectivity index (χ3v) is 2.94. The molecular formula is C15H21N3O. The fourth-order valence-corrected chi connectivity index (χ4v) is 1.80. The molecule has 0 spiro atoms. The lowest BCUT2D eigenvalue weighted by molar-refractivity contribution is 0.0916. The molecule has 0 radical (unpaired) electrons. The fourth-order valence-electron chi connectivity index (χ4n) is 1.80. The maximum atomic E-state index is 12.2. The van der Waals surface area contributed by atoms with Crippen molar-refractivity contribution in [3.05, 3.63) is 35.4 Å². The van der Waals surface area contributed by atoms with Gasteiger partial charge in [-0.15, -0.1) is 0 Å². The Morgan fingerprint density at radius 1 is 1.42 bits per heavy atom. The van der Waals surface area contributed by atoms with E-state index in [1.54, 1.807) is 24.3 Å². The van der Waals surface area contributed by atoms with Gasteiger partial charge >= 0.3 is 0 Å². The average Bonchev–Trinajstić information content (AvgIpc) is 2.37. The van der Waals surface area contributed by atoms with Gasteiger partial charge in [-0.1, -0.05) is 19.9 Å². The van der Waals surface area contributed by atoms with Crippen molar-refractivity contribution < 1.29 is 4.79 Å². The zero-order valence-corrected chi connectivity index (χ0v) is 12.0. The van der Waals surface area contributed by atoms with Gasteiger partial charge in [0.25, 0.3) is 5.91 Å². The van der Waals surface area contributed by atoms with Crippen LogP contribution in [0.15, 0.2) is 24.3 Å². The first-order valence-corrected chi connectivity index (χ1v) is 6.39. The number of rotatable bonds is 5. The van der Waals surface area contributed by atoms with Crippen molar-refractivity contribution in [1.29, 1.82) is 5.26 Å². The number of nitriles is 1. The summed E-state index contributed by atoms with van der Waals surface area (Å²) < 4.78 is 0. The van der Waals surface area contributed by atoms with Crippen molar-refractivity contribution in [3.63, 3.8) is 0 Å². The molecule has 0 saturated heterocycles. The van der Waals surface area contributed by atoms with Crippen LogP contribution in [0.5, 0.6) is 0 Å². The molecule has 1 aromatic carbocycles. The van der Waals surface area contributed by atoms with E-state index in [0.717, 1.165) is 6.54 Å². The monoisotopic (exact) mass is 259 g/mol. The Kier molecular flexibility index (Phi) is 5.53. The summed E-state index contributed by atoms with van der Waals surface area (Å²) in [5, 5.41) is 11.9. The highest BCUT2D eigenvalue weighted by Crippen LogP contribution is 2.07. The van der Waals surface area contributed by atoms with Crippen molar-refractivity contribution in [2.45, 2.75) is 19.9 Å². The maximum absolute atomic E-state index is 12.2. The number of likely N-dealkylation sites (N-methyl/N-ethyl adjacent to an activating group) is 1. The van der Waals surface area contributed by atoms with Crippen molar-refractivity contribution in [2.24, 2.45) is 5.92 Å². The minimum Gasteiger partial charge on any atom is -0.348 e. The van der Waals surface area contributed by atoms with Crippen LogP contribution in [-0.2, 0) is 0 Å². The van der Waals surface area contributed by atoms with E-state index in [0.29, 0.717) is 17.0 Å². The van der Waals surface area contributed by atoms with Gasteiger partial charge < -0.3 is 10.2 Å². The van der Waals surface area contributed by atoms with Gasteiger partial charge in [0, 0.05) is 18.2 Å². The highest BCUT2D eigenvalue weighted by molar-refractivity contribution is 5.94. The molecule has 1 atom stereocenters. The van der Waals surface area contributed by atoms with E-state index >= 15 is 0 Å². The summed E-state index contributed by atoms with van der Waals surface area (Å²) in [6.07, 6.45) is 0. The second-order valence-corrected chi connectivity index (χ2v) is 5.28. The molecule has 0 bridgehead atoms. The van der Waals surface area contributed by atoms with E-state index in [2.05, 4.69) is 24.1 Å².